The van der Waals surface area contributed by atoms with Gasteiger partial charge in [-0.2, -0.15) is 0 Å². The lowest BCUT2D eigenvalue weighted by molar-refractivity contribution is -0.127. The molecule has 0 spiro atoms. The molecule has 2 aromatic rings. The predicted octanol–water partition coefficient (Wildman–Crippen LogP) is 3.00. The Morgan fingerprint density at radius 3 is 2.73 bits per heavy atom. The number of benzene rings is 1. The Bertz CT molecular complexity index is 954. The molecule has 2 fully saturated rings. The van der Waals surface area contributed by atoms with Crippen molar-refractivity contribution < 1.29 is 14.3 Å². The van der Waals surface area contributed by atoms with Crippen LogP contribution in [0.5, 0.6) is 5.75 Å². The van der Waals surface area contributed by atoms with E-state index in [1.165, 1.54) is 12.3 Å². The number of anilines is 1. The highest BCUT2D eigenvalue weighted by atomic mass is 16.6. The fraction of sp³-hybridized carbons (Fsp3) is 0.348. The summed E-state index contributed by atoms with van der Waals surface area (Å²) in [5.41, 5.74) is 9.81. The van der Waals surface area contributed by atoms with Crippen molar-refractivity contribution in [3.05, 3.63) is 54.2 Å². The van der Waals surface area contributed by atoms with E-state index < -0.39 is 0 Å². The first kappa shape index (κ1) is 20.1. The van der Waals surface area contributed by atoms with E-state index >= 15 is 0 Å². The van der Waals surface area contributed by atoms with Crippen molar-refractivity contribution in [3.8, 4) is 17.0 Å². The maximum atomic E-state index is 12.1. The third kappa shape index (κ3) is 4.07. The van der Waals surface area contributed by atoms with Gasteiger partial charge in [-0.3, -0.25) is 9.78 Å². The van der Waals surface area contributed by atoms with Gasteiger partial charge in [0.25, 0.3) is 0 Å². The minimum atomic E-state index is -0.0601. The molecule has 0 bridgehead atoms. The average Bonchev–Trinajstić information content (AvgIpc) is 2.76. The molecule has 7 nitrogen and oxygen atoms in total. The molecule has 0 saturated carbocycles. The summed E-state index contributed by atoms with van der Waals surface area (Å²) in [4.78, 5) is 18.7. The molecule has 2 aliphatic heterocycles. The third-order valence-corrected chi connectivity index (χ3v) is 5.63. The van der Waals surface area contributed by atoms with Crippen molar-refractivity contribution in [1.29, 1.82) is 5.41 Å². The smallest absolute Gasteiger partial charge is 0.245 e. The first-order valence-corrected chi connectivity index (χ1v) is 10.2. The number of piperidine rings is 1. The van der Waals surface area contributed by atoms with E-state index in [1.807, 2.05) is 30.3 Å². The van der Waals surface area contributed by atoms with Crippen LogP contribution in [-0.4, -0.2) is 54.4 Å². The van der Waals surface area contributed by atoms with Gasteiger partial charge in [0.1, 0.15) is 11.9 Å². The molecule has 4 rings (SSSR count). The molecule has 1 aromatic heterocycles. The lowest BCUT2D eigenvalue weighted by Crippen LogP contribution is -2.38. The molecule has 1 amide bonds. The lowest BCUT2D eigenvalue weighted by Gasteiger charge is -2.32. The van der Waals surface area contributed by atoms with Gasteiger partial charge in [-0.05, 0) is 49.2 Å². The second kappa shape index (κ2) is 8.67. The topological polar surface area (TPSA) is 102 Å². The van der Waals surface area contributed by atoms with E-state index in [2.05, 4.69) is 6.58 Å². The molecule has 156 valence electrons. The van der Waals surface area contributed by atoms with Gasteiger partial charge >= 0.3 is 0 Å². The molecule has 0 aliphatic carbocycles. The number of hydrogen-bond donors (Lipinski definition) is 2. The zero-order valence-corrected chi connectivity index (χ0v) is 16.8. The highest BCUT2D eigenvalue weighted by molar-refractivity contribution is 5.91. The molecule has 2 aliphatic rings. The maximum Gasteiger partial charge on any atom is 0.245 e. The van der Waals surface area contributed by atoms with Crippen LogP contribution in [0.4, 0.5) is 5.69 Å². The zero-order valence-electron chi connectivity index (χ0n) is 16.8. The van der Waals surface area contributed by atoms with Gasteiger partial charge in [-0.25, -0.2) is 0 Å². The van der Waals surface area contributed by atoms with Crippen LogP contribution >= 0.6 is 0 Å². The lowest BCUT2D eigenvalue weighted by atomic mass is 9.92. The molecule has 1 atom stereocenters. The van der Waals surface area contributed by atoms with E-state index in [0.29, 0.717) is 36.7 Å². The Kier molecular flexibility index (Phi) is 5.81. The van der Waals surface area contributed by atoms with Crippen LogP contribution in [0.1, 0.15) is 30.0 Å². The molecule has 1 aromatic carbocycles. The normalized spacial score (nSPS) is 19.1. The van der Waals surface area contributed by atoms with Gasteiger partial charge < -0.3 is 25.5 Å². The first-order valence-electron chi connectivity index (χ1n) is 10.2. The van der Waals surface area contributed by atoms with E-state index in [4.69, 9.17) is 25.6 Å². The molecule has 30 heavy (non-hydrogen) atoms. The summed E-state index contributed by atoms with van der Waals surface area (Å²) in [7, 11) is 0. The number of amides is 1. The van der Waals surface area contributed by atoms with Crippen LogP contribution in [0.25, 0.3) is 11.3 Å². The monoisotopic (exact) mass is 406 g/mol. The SMILES string of the molecule is C=CC(=O)N1CCCC(c2cc(C=N)c(N)c(-c3ccc(OC4COC4)cc3)n2)C1. The molecular formula is C23H26N4O3. The molecule has 3 heterocycles. The highest BCUT2D eigenvalue weighted by Gasteiger charge is 2.26. The Morgan fingerprint density at radius 1 is 1.33 bits per heavy atom. The molecule has 7 heteroatoms. The highest BCUT2D eigenvalue weighted by Crippen LogP contribution is 2.33. The maximum absolute atomic E-state index is 12.1. The van der Waals surface area contributed by atoms with Crippen molar-refractivity contribution >= 4 is 17.8 Å². The van der Waals surface area contributed by atoms with Crippen molar-refractivity contribution in [1.82, 2.24) is 9.88 Å². The summed E-state index contributed by atoms with van der Waals surface area (Å²) in [6.07, 6.45) is 4.56. The Morgan fingerprint density at radius 2 is 2.10 bits per heavy atom. The molecular weight excluding hydrogens is 380 g/mol. The van der Waals surface area contributed by atoms with Crippen molar-refractivity contribution in [2.75, 3.05) is 32.0 Å². The number of nitrogens with zero attached hydrogens (tertiary/aromatic N) is 2. The minimum Gasteiger partial charge on any atom is -0.486 e. The Labute approximate surface area is 176 Å². The van der Waals surface area contributed by atoms with Crippen LogP contribution in [0.15, 0.2) is 43.0 Å². The number of likely N-dealkylation sites (tertiary alicyclic amines) is 1. The summed E-state index contributed by atoms with van der Waals surface area (Å²) < 4.78 is 11.0. The van der Waals surface area contributed by atoms with Crippen molar-refractivity contribution in [3.63, 3.8) is 0 Å². The van der Waals surface area contributed by atoms with Crippen LogP contribution in [-0.2, 0) is 9.53 Å². The molecule has 1 unspecified atom stereocenters. The van der Waals surface area contributed by atoms with E-state index in [0.717, 1.165) is 36.4 Å². The number of hydrogen-bond acceptors (Lipinski definition) is 6. The Balaban J connectivity index is 1.62. The largest absolute Gasteiger partial charge is 0.486 e. The number of nitrogens with two attached hydrogens (primary N) is 1. The van der Waals surface area contributed by atoms with Gasteiger partial charge in [0.05, 0.1) is 24.6 Å². The number of aromatic nitrogens is 1. The second-order valence-electron chi connectivity index (χ2n) is 7.67. The average molecular weight is 406 g/mol. The van der Waals surface area contributed by atoms with Crippen LogP contribution in [0, 0.1) is 5.41 Å². The number of ether oxygens (including phenoxy) is 2. The van der Waals surface area contributed by atoms with E-state index in [9.17, 15) is 4.79 Å². The molecule has 0 radical (unpaired) electrons. The van der Waals surface area contributed by atoms with Gasteiger partial charge in [0.15, 0.2) is 0 Å². The van der Waals surface area contributed by atoms with Crippen molar-refractivity contribution in [2.24, 2.45) is 0 Å². The Hall–Kier alpha value is -3.19. The summed E-state index contributed by atoms with van der Waals surface area (Å²) in [6, 6.07) is 9.53. The number of rotatable bonds is 6. The third-order valence-electron chi connectivity index (χ3n) is 5.63. The first-order chi connectivity index (χ1) is 14.6. The summed E-state index contributed by atoms with van der Waals surface area (Å²) in [5.74, 6) is 0.817. The fourth-order valence-electron chi connectivity index (χ4n) is 3.86. The minimum absolute atomic E-state index is 0.0601. The summed E-state index contributed by atoms with van der Waals surface area (Å²) in [5, 5.41) is 7.79. The zero-order chi connectivity index (χ0) is 21.1. The number of carbonyl (C=O) groups is 1. The van der Waals surface area contributed by atoms with Gasteiger partial charge in [0, 0.05) is 42.0 Å². The summed E-state index contributed by atoms with van der Waals surface area (Å²) >= 11 is 0. The quantitative estimate of drug-likeness (QED) is 0.567. The molecule has 3 N–H and O–H groups in total. The number of nitrogen functional groups attached to an aromatic ring is 1. The van der Waals surface area contributed by atoms with Crippen molar-refractivity contribution in [2.45, 2.75) is 24.9 Å². The number of pyridine rings is 1. The fourth-order valence-corrected chi connectivity index (χ4v) is 3.86. The predicted molar refractivity (Wildman–Crippen MR) is 116 cm³/mol. The van der Waals surface area contributed by atoms with Gasteiger partial charge in [-0.1, -0.05) is 6.58 Å². The van der Waals surface area contributed by atoms with Gasteiger partial charge in [0.2, 0.25) is 5.91 Å². The van der Waals surface area contributed by atoms with E-state index in [-0.39, 0.29) is 17.9 Å². The second-order valence-corrected chi connectivity index (χ2v) is 7.67. The van der Waals surface area contributed by atoms with Crippen LogP contribution in [0.2, 0.25) is 0 Å². The van der Waals surface area contributed by atoms with Gasteiger partial charge in [-0.15, -0.1) is 0 Å². The number of carbonyl (C=O) groups excluding carboxylic acids is 1. The van der Waals surface area contributed by atoms with Crippen LogP contribution in [0.3, 0.4) is 0 Å². The molecule has 2 saturated heterocycles. The number of nitrogens with one attached hydrogen (secondary N) is 1. The van der Waals surface area contributed by atoms with Crippen LogP contribution < -0.4 is 10.5 Å². The summed E-state index contributed by atoms with van der Waals surface area (Å²) in [6.45, 7) is 6.15. The standard InChI is InChI=1S/C23H26N4O3/c1-2-21(28)27-9-3-4-16(12-27)20-10-17(11-24)22(25)23(26-20)15-5-7-18(8-6-15)30-19-13-29-14-19/h2,5-8,10-11,16,19,24H,1,3-4,9,12-14,25H2. The van der Waals surface area contributed by atoms with E-state index in [1.54, 1.807) is 4.90 Å².